The van der Waals surface area contributed by atoms with Crippen molar-refractivity contribution in [3.63, 3.8) is 0 Å². The molecule has 1 aromatic rings. The molecule has 3 nitrogen and oxygen atoms in total. The van der Waals surface area contributed by atoms with E-state index in [-0.39, 0.29) is 29.4 Å². The van der Waals surface area contributed by atoms with Gasteiger partial charge < -0.3 is 0 Å². The standard InChI is InChI=1S/C14H21ClFNO2S/c1-10(2)14(12-4-6-13(16)7-5-12)17-20(18,19)9-11(3)8-15/h4-7,10-11,14,17H,8-9H2,1-3H3. The normalized spacial score (nSPS) is 15.3. The molecule has 0 saturated heterocycles. The number of alkyl halides is 1. The Morgan fingerprint density at radius 2 is 1.75 bits per heavy atom. The first-order valence-corrected chi connectivity index (χ1v) is 8.75. The van der Waals surface area contributed by atoms with Gasteiger partial charge in [-0.25, -0.2) is 17.5 Å². The summed E-state index contributed by atoms with van der Waals surface area (Å²) in [5.74, 6) is -0.114. The van der Waals surface area contributed by atoms with Crippen LogP contribution in [0.25, 0.3) is 0 Å². The summed E-state index contributed by atoms with van der Waals surface area (Å²) in [5.41, 5.74) is 0.753. The van der Waals surface area contributed by atoms with Gasteiger partial charge in [0.05, 0.1) is 5.75 Å². The van der Waals surface area contributed by atoms with Crippen molar-refractivity contribution in [2.24, 2.45) is 11.8 Å². The van der Waals surface area contributed by atoms with E-state index in [0.29, 0.717) is 5.88 Å². The molecule has 20 heavy (non-hydrogen) atoms. The molecule has 0 radical (unpaired) electrons. The Bertz CT molecular complexity index is 516. The zero-order valence-corrected chi connectivity index (χ0v) is 13.5. The van der Waals surface area contributed by atoms with E-state index < -0.39 is 10.0 Å². The van der Waals surface area contributed by atoms with Crippen LogP contribution >= 0.6 is 11.6 Å². The smallest absolute Gasteiger partial charge is 0.212 e. The summed E-state index contributed by atoms with van der Waals surface area (Å²) >= 11 is 5.66. The summed E-state index contributed by atoms with van der Waals surface area (Å²) in [6.07, 6.45) is 0. The molecule has 1 N–H and O–H groups in total. The molecule has 6 heteroatoms. The third-order valence-electron chi connectivity index (χ3n) is 2.97. The van der Waals surface area contributed by atoms with Gasteiger partial charge in [-0.2, -0.15) is 0 Å². The summed E-state index contributed by atoms with van der Waals surface area (Å²) in [6, 6.07) is 5.50. The van der Waals surface area contributed by atoms with Gasteiger partial charge in [0.25, 0.3) is 0 Å². The molecular formula is C14H21ClFNO2S. The van der Waals surface area contributed by atoms with Crippen molar-refractivity contribution in [1.82, 2.24) is 4.72 Å². The Morgan fingerprint density at radius 3 is 2.20 bits per heavy atom. The molecule has 1 aromatic carbocycles. The van der Waals surface area contributed by atoms with Crippen LogP contribution in [0, 0.1) is 17.7 Å². The fourth-order valence-corrected chi connectivity index (χ4v) is 3.92. The second-order valence-corrected chi connectivity index (χ2v) is 7.54. The first-order chi connectivity index (χ1) is 9.25. The summed E-state index contributed by atoms with van der Waals surface area (Å²) in [7, 11) is -3.42. The highest BCUT2D eigenvalue weighted by Gasteiger charge is 2.23. The number of rotatable bonds is 7. The molecule has 0 aliphatic carbocycles. The number of hydrogen-bond acceptors (Lipinski definition) is 2. The maximum atomic E-state index is 13.0. The van der Waals surface area contributed by atoms with Crippen LogP contribution in [0.1, 0.15) is 32.4 Å². The van der Waals surface area contributed by atoms with Crippen LogP contribution in [-0.2, 0) is 10.0 Å². The Hall–Kier alpha value is -0.650. The highest BCUT2D eigenvalue weighted by atomic mass is 35.5. The number of benzene rings is 1. The van der Waals surface area contributed by atoms with Crippen molar-refractivity contribution in [3.8, 4) is 0 Å². The molecular weight excluding hydrogens is 301 g/mol. The van der Waals surface area contributed by atoms with E-state index in [1.54, 1.807) is 19.1 Å². The Balaban J connectivity index is 2.90. The highest BCUT2D eigenvalue weighted by molar-refractivity contribution is 7.89. The van der Waals surface area contributed by atoms with Crippen LogP contribution < -0.4 is 4.72 Å². The van der Waals surface area contributed by atoms with Crippen LogP contribution in [-0.4, -0.2) is 20.1 Å². The summed E-state index contributed by atoms with van der Waals surface area (Å²) in [4.78, 5) is 0. The van der Waals surface area contributed by atoms with Crippen molar-refractivity contribution in [3.05, 3.63) is 35.6 Å². The Kier molecular flexibility index (Phi) is 6.43. The summed E-state index contributed by atoms with van der Waals surface area (Å²) < 4.78 is 39.9. The molecule has 1 rings (SSSR count). The maximum absolute atomic E-state index is 13.0. The van der Waals surface area contributed by atoms with Gasteiger partial charge in [0, 0.05) is 11.9 Å². The second kappa shape index (κ2) is 7.38. The van der Waals surface area contributed by atoms with Crippen molar-refractivity contribution in [1.29, 1.82) is 0 Å². The monoisotopic (exact) mass is 321 g/mol. The van der Waals surface area contributed by atoms with Crippen LogP contribution in [0.15, 0.2) is 24.3 Å². The molecule has 0 amide bonds. The first-order valence-electron chi connectivity index (χ1n) is 6.56. The molecule has 2 unspecified atom stereocenters. The zero-order valence-electron chi connectivity index (χ0n) is 11.9. The van der Waals surface area contributed by atoms with Crippen molar-refractivity contribution < 1.29 is 12.8 Å². The number of sulfonamides is 1. The van der Waals surface area contributed by atoms with Gasteiger partial charge in [-0.1, -0.05) is 32.9 Å². The molecule has 2 atom stereocenters. The van der Waals surface area contributed by atoms with Crippen LogP contribution in [0.5, 0.6) is 0 Å². The SMILES string of the molecule is CC(CCl)CS(=O)(=O)NC(c1ccc(F)cc1)C(C)C. The van der Waals surface area contributed by atoms with Gasteiger partial charge in [0.15, 0.2) is 0 Å². The molecule has 0 spiro atoms. The summed E-state index contributed by atoms with van der Waals surface area (Å²) in [5, 5.41) is 0. The zero-order chi connectivity index (χ0) is 15.3. The fraction of sp³-hybridized carbons (Fsp3) is 0.571. The molecule has 0 aliphatic rings. The molecule has 0 fully saturated rings. The Morgan fingerprint density at radius 1 is 1.20 bits per heavy atom. The highest BCUT2D eigenvalue weighted by Crippen LogP contribution is 2.23. The van der Waals surface area contributed by atoms with Crippen molar-refractivity contribution >= 4 is 21.6 Å². The van der Waals surface area contributed by atoms with E-state index in [1.165, 1.54) is 12.1 Å². The lowest BCUT2D eigenvalue weighted by molar-refractivity contribution is 0.460. The van der Waals surface area contributed by atoms with Gasteiger partial charge in [-0.05, 0) is 29.5 Å². The van der Waals surface area contributed by atoms with Crippen LogP contribution in [0.3, 0.4) is 0 Å². The molecule has 114 valence electrons. The van der Waals surface area contributed by atoms with E-state index in [1.807, 2.05) is 13.8 Å². The Labute approximate surface area is 125 Å². The van der Waals surface area contributed by atoms with Crippen LogP contribution in [0.2, 0.25) is 0 Å². The van der Waals surface area contributed by atoms with E-state index >= 15 is 0 Å². The first kappa shape index (κ1) is 17.4. The van der Waals surface area contributed by atoms with Crippen molar-refractivity contribution in [2.45, 2.75) is 26.8 Å². The number of nitrogens with one attached hydrogen (secondary N) is 1. The van der Waals surface area contributed by atoms with Crippen molar-refractivity contribution in [2.75, 3.05) is 11.6 Å². The predicted molar refractivity (Wildman–Crippen MR) is 80.8 cm³/mol. The molecule has 0 aliphatic heterocycles. The molecule has 0 bridgehead atoms. The minimum absolute atomic E-state index is 0.0130. The largest absolute Gasteiger partial charge is 0.212 e. The quantitative estimate of drug-likeness (QED) is 0.783. The third-order valence-corrected chi connectivity index (χ3v) is 5.12. The topological polar surface area (TPSA) is 46.2 Å². The third kappa shape index (κ3) is 5.38. The minimum atomic E-state index is -3.42. The number of halogens is 2. The summed E-state index contributed by atoms with van der Waals surface area (Å²) in [6.45, 7) is 5.62. The van der Waals surface area contributed by atoms with Gasteiger partial charge in [-0.15, -0.1) is 11.6 Å². The molecule has 0 heterocycles. The van der Waals surface area contributed by atoms with E-state index in [9.17, 15) is 12.8 Å². The van der Waals surface area contributed by atoms with Gasteiger partial charge in [0.2, 0.25) is 10.0 Å². The molecule has 0 saturated carbocycles. The van der Waals surface area contributed by atoms with E-state index in [4.69, 9.17) is 11.6 Å². The fourth-order valence-electron chi connectivity index (χ4n) is 1.92. The maximum Gasteiger partial charge on any atom is 0.212 e. The van der Waals surface area contributed by atoms with Gasteiger partial charge in [-0.3, -0.25) is 0 Å². The second-order valence-electron chi connectivity index (χ2n) is 5.43. The van der Waals surface area contributed by atoms with Gasteiger partial charge in [0.1, 0.15) is 5.82 Å². The number of hydrogen-bond donors (Lipinski definition) is 1. The van der Waals surface area contributed by atoms with Crippen LogP contribution in [0.4, 0.5) is 4.39 Å². The lowest BCUT2D eigenvalue weighted by atomic mass is 9.97. The van der Waals surface area contributed by atoms with E-state index in [0.717, 1.165) is 5.56 Å². The predicted octanol–water partition coefficient (Wildman–Crippen LogP) is 3.32. The minimum Gasteiger partial charge on any atom is -0.212 e. The van der Waals surface area contributed by atoms with E-state index in [2.05, 4.69) is 4.72 Å². The lowest BCUT2D eigenvalue weighted by Crippen LogP contribution is -2.35. The van der Waals surface area contributed by atoms with Gasteiger partial charge >= 0.3 is 0 Å². The average Bonchev–Trinajstić information content (AvgIpc) is 2.36. The molecule has 0 aromatic heterocycles. The lowest BCUT2D eigenvalue weighted by Gasteiger charge is -2.23. The average molecular weight is 322 g/mol.